The van der Waals surface area contributed by atoms with Crippen LogP contribution >= 0.6 is 0 Å². The molecule has 0 aliphatic carbocycles. The van der Waals surface area contributed by atoms with Crippen LogP contribution in [0.4, 0.5) is 26.3 Å². The average molecular weight is 2050 g/mol. The highest BCUT2D eigenvalue weighted by molar-refractivity contribution is 8.67. The number of halogens is 7. The SMILES string of the molecule is CCC(C)(C)C(=O)Oc1ccc(S(=O)(=O)S(=O)(=O)c2ccc(OC)cc2)cc1.CCC(C)(C)C(=O)Oc1ccc([S+](c2ccccc2)c2ccccc2)cc1.CCC(C)c1ccc(C(=O)Oc2ccc([I+]c3ccccc3)cc2)cc1.CCC(C)c1ccc(S(=O)(=O)S(=O)(=O)c2ccccc2)cc1.Cc1c(C(C)C)cc(C(C)C)cc1C(C)C.Cc1cc(C(F)(F)F)cc(C(F)(F)F)c1. The number of hydrogen-bond acceptors (Lipinski definition) is 15. The second kappa shape index (κ2) is 49.2. The van der Waals surface area contributed by atoms with Crippen molar-refractivity contribution in [1.29, 1.82) is 0 Å². The summed E-state index contributed by atoms with van der Waals surface area (Å²) in [5.74, 6) is 3.40. The number of esters is 3. The molecule has 0 saturated heterocycles. The van der Waals surface area contributed by atoms with Gasteiger partial charge in [-0.1, -0.05) is 192 Å². The predicted molar refractivity (Wildman–Crippen MR) is 516 cm³/mol. The van der Waals surface area contributed by atoms with Gasteiger partial charge in [0, 0.05) is 0 Å². The summed E-state index contributed by atoms with van der Waals surface area (Å²) in [5, 5.41) is 0. The molecule has 0 aliphatic rings. The average Bonchev–Trinajstić information content (AvgIpc) is 0.765. The number of rotatable bonds is 27. The van der Waals surface area contributed by atoms with Gasteiger partial charge in [0.1, 0.15) is 23.0 Å². The Labute approximate surface area is 800 Å². The highest BCUT2D eigenvalue weighted by Gasteiger charge is 2.39. The first kappa shape index (κ1) is 110. The zero-order chi connectivity index (χ0) is 99.5. The van der Waals surface area contributed by atoms with Crippen LogP contribution in [0.1, 0.15) is 226 Å². The molecule has 0 saturated carbocycles. The molecule has 0 N–H and O–H groups in total. The van der Waals surface area contributed by atoms with E-state index in [-0.39, 0.29) is 76.1 Å². The fraction of sp³-hybridized carbons (Fsp3) is 0.299. The second-order valence-electron chi connectivity index (χ2n) is 33.8. The number of hydrogen-bond donors (Lipinski definition) is 0. The molecule has 0 heterocycles. The fourth-order valence-corrected chi connectivity index (χ4v) is 24.2. The summed E-state index contributed by atoms with van der Waals surface area (Å²) in [6.45, 7) is 36.7. The van der Waals surface area contributed by atoms with Crippen LogP contribution < -0.4 is 40.2 Å². The summed E-state index contributed by atoms with van der Waals surface area (Å²) in [5.41, 5.74) is 5.04. The van der Waals surface area contributed by atoms with Crippen LogP contribution in [0.2, 0.25) is 0 Å². The molecule has 0 spiro atoms. The molecule has 0 bridgehead atoms. The van der Waals surface area contributed by atoms with Crippen molar-refractivity contribution in [2.24, 2.45) is 10.8 Å². The molecule has 27 heteroatoms. The van der Waals surface area contributed by atoms with Gasteiger partial charge in [0.2, 0.25) is 0 Å². The van der Waals surface area contributed by atoms with E-state index in [1.54, 1.807) is 32.0 Å². The minimum atomic E-state index is -4.76. The first-order valence-corrected chi connectivity index (χ1v) is 54.0. The van der Waals surface area contributed by atoms with Gasteiger partial charge < -0.3 is 18.9 Å². The monoisotopic (exact) mass is 2040 g/mol. The van der Waals surface area contributed by atoms with Crippen LogP contribution in [0.5, 0.6) is 23.0 Å². The van der Waals surface area contributed by atoms with Crippen LogP contribution in [0.3, 0.4) is 0 Å². The molecule has 0 fully saturated rings. The fourth-order valence-electron chi connectivity index (χ4n) is 12.6. The van der Waals surface area contributed by atoms with Gasteiger partial charge in [0.05, 0.1) is 65.1 Å². The Balaban J connectivity index is 0.000000222. The summed E-state index contributed by atoms with van der Waals surface area (Å²) < 4.78 is 197. The molecule has 0 aromatic heterocycles. The molecule has 12 aromatic carbocycles. The van der Waals surface area contributed by atoms with E-state index in [2.05, 4.69) is 172 Å². The molecule has 134 heavy (non-hydrogen) atoms. The van der Waals surface area contributed by atoms with E-state index in [4.69, 9.17) is 18.9 Å². The minimum absolute atomic E-state index is 0.0721. The largest absolute Gasteiger partial charge is 0.497 e. The molecule has 15 nitrogen and oxygen atoms in total. The van der Waals surface area contributed by atoms with Crippen molar-refractivity contribution in [2.45, 2.75) is 227 Å². The van der Waals surface area contributed by atoms with Gasteiger partial charge in [-0.3, -0.25) is 9.59 Å². The molecule has 2 unspecified atom stereocenters. The van der Waals surface area contributed by atoms with E-state index in [1.165, 1.54) is 124 Å². The molecule has 0 aliphatic heterocycles. The summed E-state index contributed by atoms with van der Waals surface area (Å²) in [7, 11) is -17.1. The van der Waals surface area contributed by atoms with Crippen molar-refractivity contribution in [3.8, 4) is 23.0 Å². The highest BCUT2D eigenvalue weighted by atomic mass is 127. The van der Waals surface area contributed by atoms with Gasteiger partial charge in [-0.15, -0.1) is 0 Å². The number of alkyl halides is 6. The van der Waals surface area contributed by atoms with Crippen molar-refractivity contribution in [3.05, 3.63) is 360 Å². The standard InChI is InChI=1S/C24H25O2S.C23H22IO2.C19H22O7S2.C16H18O4S2.C16H26.C9H6F6/c1-4-24(2,3)23(25)26-19-15-17-22(18-16-19)27(20-11-7-5-8-12-20)21-13-9-6-10-14-21;1-3-17(2)18-9-11-19(12-10-18)23(25)26-22-15-13-21(14-16-22)24-20-7-5-4-6-8-20;1-5-19(2,3)18(20)26-15-8-12-17(13-9-15)28(23,24)27(21,22)16-10-6-14(25-4)7-11-16;1-3-13(2)14-9-11-16(12-10-14)22(19,20)21(17,18)15-7-5-4-6-8-15;1-10(2)14-8-15(11(3)4)13(7)16(9-14)12(5)6;1-5-2-6(8(10,11)12)4-7(3-5)9(13,14)15/h5-18H,4H2,1-3H3;4-17H,3H2,1-2H3;6-13H,5H2,1-4H3;4-13H,3H2,1-2H3;8-12H,1-7H3;2-4H,1H3/q2*+1;;;;. The van der Waals surface area contributed by atoms with Crippen molar-refractivity contribution < 1.29 is 115 Å². The lowest BCUT2D eigenvalue weighted by Gasteiger charge is -2.20. The van der Waals surface area contributed by atoms with Crippen molar-refractivity contribution >= 4 is 64.3 Å². The molecular weight excluding hydrogens is 1930 g/mol. The highest BCUT2D eigenvalue weighted by Crippen LogP contribution is 2.39. The van der Waals surface area contributed by atoms with Crippen LogP contribution in [0, 0.1) is 31.8 Å². The van der Waals surface area contributed by atoms with E-state index in [9.17, 15) is 74.4 Å². The van der Waals surface area contributed by atoms with Gasteiger partial charge in [0.25, 0.3) is 35.5 Å². The maximum atomic E-state index is 12.6. The third-order valence-electron chi connectivity index (χ3n) is 22.2. The third-order valence-corrected chi connectivity index (χ3v) is 37.4. The normalized spacial score (nSPS) is 12.3. The molecule has 714 valence electrons. The second-order valence-corrected chi connectivity index (χ2v) is 49.7. The number of benzene rings is 12. The Morgan fingerprint density at radius 3 is 1.00 bits per heavy atom. The lowest BCUT2D eigenvalue weighted by molar-refractivity contribution is -0.597. The van der Waals surface area contributed by atoms with Crippen molar-refractivity contribution in [3.63, 3.8) is 0 Å². The van der Waals surface area contributed by atoms with E-state index in [0.717, 1.165) is 49.1 Å². The number of aryl methyl sites for hydroxylation is 1. The van der Waals surface area contributed by atoms with Gasteiger partial charge in [-0.05, 0) is 324 Å². The summed E-state index contributed by atoms with van der Waals surface area (Å²) in [6, 6.07) is 84.2. The Bertz CT molecular complexity index is 6190. The van der Waals surface area contributed by atoms with Crippen molar-refractivity contribution in [2.75, 3.05) is 7.11 Å². The summed E-state index contributed by atoms with van der Waals surface area (Å²) in [6.07, 6.45) is -6.19. The number of carbonyl (C=O) groups excluding carboxylic acids is 3. The molecule has 12 aromatic rings. The Morgan fingerprint density at radius 1 is 0.351 bits per heavy atom. The van der Waals surface area contributed by atoms with E-state index in [0.29, 0.717) is 71.0 Å². The molecule has 0 radical (unpaired) electrons. The Kier molecular flexibility index (Phi) is 40.5. The minimum Gasteiger partial charge on any atom is -0.497 e. The third kappa shape index (κ3) is 30.7. The quantitative estimate of drug-likeness (QED) is 0.0117. The molecular formula is C107H119F6IO15S5+2. The Morgan fingerprint density at radius 2 is 0.657 bits per heavy atom. The van der Waals surface area contributed by atoms with Crippen LogP contribution in [0.15, 0.2) is 332 Å². The van der Waals surface area contributed by atoms with Crippen LogP contribution in [0.25, 0.3) is 0 Å². The van der Waals surface area contributed by atoms with Crippen LogP contribution in [-0.2, 0) is 68.3 Å². The maximum Gasteiger partial charge on any atom is 0.416 e. The van der Waals surface area contributed by atoms with E-state index < -0.39 is 80.7 Å². The number of carbonyl (C=O) groups is 3. The van der Waals surface area contributed by atoms with Gasteiger partial charge in [-0.2, -0.15) is 26.3 Å². The predicted octanol–water partition coefficient (Wildman–Crippen LogP) is 24.6. The molecule has 2 atom stereocenters. The lowest BCUT2D eigenvalue weighted by Crippen LogP contribution is -3.61. The topological polar surface area (TPSA) is 225 Å². The lowest BCUT2D eigenvalue weighted by atomic mass is 9.85. The first-order valence-electron chi connectivity index (χ1n) is 43.7. The molecule has 12 rings (SSSR count). The summed E-state index contributed by atoms with van der Waals surface area (Å²) in [4.78, 5) is 39.2. The van der Waals surface area contributed by atoms with Gasteiger partial charge in [0.15, 0.2) is 21.8 Å². The van der Waals surface area contributed by atoms with Crippen LogP contribution in [-0.4, -0.2) is 58.7 Å². The molecule has 0 amide bonds. The zero-order valence-corrected chi connectivity index (χ0v) is 85.1. The smallest absolute Gasteiger partial charge is 0.416 e. The number of methoxy groups -OCH3 is 1. The zero-order valence-electron chi connectivity index (χ0n) is 78.8. The van der Waals surface area contributed by atoms with Gasteiger partial charge in [-0.25, -0.2) is 38.5 Å². The van der Waals surface area contributed by atoms with E-state index in [1.807, 2.05) is 108 Å². The maximum absolute atomic E-state index is 12.6. The van der Waals surface area contributed by atoms with E-state index >= 15 is 0 Å². The summed E-state index contributed by atoms with van der Waals surface area (Å²) >= 11 is -0.202. The number of ether oxygens (including phenoxy) is 4. The van der Waals surface area contributed by atoms with Gasteiger partial charge >= 0.3 is 51.5 Å². The van der Waals surface area contributed by atoms with Crippen molar-refractivity contribution in [1.82, 2.24) is 0 Å². The Hall–Kier alpha value is -10.7. The first-order chi connectivity index (χ1) is 62.9.